The summed E-state index contributed by atoms with van der Waals surface area (Å²) >= 11 is 0. The molecule has 0 aromatic heterocycles. The zero-order valence-corrected chi connectivity index (χ0v) is 38.5. The van der Waals surface area contributed by atoms with E-state index in [9.17, 15) is 20.1 Å². The van der Waals surface area contributed by atoms with Gasteiger partial charge in [0.15, 0.2) is 0 Å². The number of rotatable bonds is 47. The highest BCUT2D eigenvalue weighted by Crippen LogP contribution is 2.17. The van der Waals surface area contributed by atoms with Gasteiger partial charge in [-0.1, -0.05) is 244 Å². The molecule has 3 atom stereocenters. The Labute approximate surface area is 356 Å². The van der Waals surface area contributed by atoms with Crippen LogP contribution >= 0.6 is 0 Å². The van der Waals surface area contributed by atoms with Crippen LogP contribution in [0, 0.1) is 0 Å². The number of carbonyl (C=O) groups excluding carboxylic acids is 1. The summed E-state index contributed by atoms with van der Waals surface area (Å²) in [6.07, 6.45) is 58.8. The lowest BCUT2D eigenvalue weighted by Crippen LogP contribution is -2.50. The third-order valence-electron chi connectivity index (χ3n) is 12.0. The molecule has 0 aliphatic heterocycles. The number of amides is 1. The Balaban J connectivity index is 3.59. The normalized spacial score (nSPS) is 13.6. The van der Waals surface area contributed by atoms with E-state index in [-0.39, 0.29) is 12.5 Å². The Morgan fingerprint density at radius 3 is 1.07 bits per heavy atom. The molecule has 0 rings (SSSR count). The van der Waals surface area contributed by atoms with E-state index in [1.807, 2.05) is 0 Å². The predicted molar refractivity (Wildman–Crippen MR) is 250 cm³/mol. The summed E-state index contributed by atoms with van der Waals surface area (Å²) < 4.78 is 0. The van der Waals surface area contributed by atoms with Gasteiger partial charge < -0.3 is 20.6 Å². The molecule has 0 saturated heterocycles. The second kappa shape index (κ2) is 47.5. The van der Waals surface area contributed by atoms with Gasteiger partial charge in [-0.05, 0) is 51.4 Å². The van der Waals surface area contributed by atoms with Gasteiger partial charge in [0.2, 0.25) is 5.91 Å². The number of aliphatic hydroxyl groups is 3. The van der Waals surface area contributed by atoms with Crippen LogP contribution in [0.2, 0.25) is 0 Å². The van der Waals surface area contributed by atoms with E-state index in [4.69, 9.17) is 0 Å². The van der Waals surface area contributed by atoms with Gasteiger partial charge in [-0.15, -0.1) is 0 Å². The van der Waals surface area contributed by atoms with Crippen LogP contribution in [0.5, 0.6) is 0 Å². The van der Waals surface area contributed by atoms with E-state index in [2.05, 4.69) is 43.5 Å². The summed E-state index contributed by atoms with van der Waals surface area (Å²) in [5.74, 6) is -0.153. The van der Waals surface area contributed by atoms with Gasteiger partial charge in [-0.3, -0.25) is 4.79 Å². The minimum atomic E-state index is -1.16. The number of hydrogen-bond acceptors (Lipinski definition) is 4. The van der Waals surface area contributed by atoms with Crippen LogP contribution in [-0.4, -0.2) is 46.1 Å². The summed E-state index contributed by atoms with van der Waals surface area (Å²) in [6, 6.07) is -0.829. The van der Waals surface area contributed by atoms with Crippen LogP contribution in [0.4, 0.5) is 0 Å². The third kappa shape index (κ3) is 42.8. The lowest BCUT2D eigenvalue weighted by molar-refractivity contribution is -0.124. The van der Waals surface area contributed by atoms with Gasteiger partial charge >= 0.3 is 0 Å². The van der Waals surface area contributed by atoms with Crippen molar-refractivity contribution >= 4 is 5.91 Å². The second-order valence-electron chi connectivity index (χ2n) is 17.7. The fourth-order valence-electron chi connectivity index (χ4n) is 8.06. The first-order chi connectivity index (χ1) is 28.1. The molecule has 0 aromatic carbocycles. The third-order valence-corrected chi connectivity index (χ3v) is 12.0. The molecular weight excluding hydrogens is 703 g/mol. The fraction of sp³-hybridized carbons (Fsp3) is 0.904. The summed E-state index contributed by atoms with van der Waals surface area (Å²) in [4.78, 5) is 12.5. The highest BCUT2D eigenvalue weighted by Gasteiger charge is 2.26. The lowest BCUT2D eigenvalue weighted by atomic mass is 10.0. The van der Waals surface area contributed by atoms with Crippen molar-refractivity contribution in [1.29, 1.82) is 0 Å². The molecule has 0 radical (unpaired) electrons. The molecule has 0 aliphatic rings. The van der Waals surface area contributed by atoms with Crippen molar-refractivity contribution in [1.82, 2.24) is 5.32 Å². The number of unbranched alkanes of at least 4 members (excludes halogenated alkanes) is 35. The topological polar surface area (TPSA) is 89.8 Å². The molecule has 0 saturated carbocycles. The van der Waals surface area contributed by atoms with Gasteiger partial charge in [0.1, 0.15) is 6.10 Å². The van der Waals surface area contributed by atoms with E-state index < -0.39 is 18.2 Å². The van der Waals surface area contributed by atoms with Gasteiger partial charge in [0.25, 0.3) is 0 Å². The zero-order valence-electron chi connectivity index (χ0n) is 38.5. The molecule has 5 nitrogen and oxygen atoms in total. The van der Waals surface area contributed by atoms with Gasteiger partial charge in [0, 0.05) is 6.42 Å². The summed E-state index contributed by atoms with van der Waals surface area (Å²) in [6.45, 7) is 4.19. The van der Waals surface area contributed by atoms with Crippen LogP contribution in [-0.2, 0) is 4.79 Å². The molecule has 3 unspecified atom stereocenters. The SMILES string of the molecule is CCCCCCCCCCCC/C=C/CC/C=C/CCCC(O)C(O)C(CO)NC(=O)CCCCCCCCCCCCCCCCCCCCCCCCCC. The molecule has 0 bridgehead atoms. The number of carbonyl (C=O) groups is 1. The minimum absolute atomic E-state index is 0.153. The van der Waals surface area contributed by atoms with Crippen molar-refractivity contribution in [2.75, 3.05) is 6.61 Å². The molecule has 1 amide bonds. The van der Waals surface area contributed by atoms with Crippen LogP contribution in [0.3, 0.4) is 0 Å². The molecular formula is C52H101NO4. The van der Waals surface area contributed by atoms with E-state index in [0.29, 0.717) is 12.8 Å². The first-order valence-corrected chi connectivity index (χ1v) is 25.6. The molecule has 0 spiro atoms. The Bertz CT molecular complexity index is 844. The summed E-state index contributed by atoms with van der Waals surface area (Å²) in [5.41, 5.74) is 0. The average molecular weight is 804 g/mol. The summed E-state index contributed by atoms with van der Waals surface area (Å²) in [5, 5.41) is 33.6. The van der Waals surface area contributed by atoms with Crippen LogP contribution in [0.25, 0.3) is 0 Å². The van der Waals surface area contributed by atoms with E-state index >= 15 is 0 Å². The van der Waals surface area contributed by atoms with E-state index in [1.165, 1.54) is 205 Å². The maximum absolute atomic E-state index is 12.5. The van der Waals surface area contributed by atoms with Crippen molar-refractivity contribution < 1.29 is 20.1 Å². The molecule has 0 heterocycles. The number of allylic oxidation sites excluding steroid dienone is 4. The van der Waals surface area contributed by atoms with Crippen molar-refractivity contribution in [3.63, 3.8) is 0 Å². The van der Waals surface area contributed by atoms with E-state index in [1.54, 1.807) is 0 Å². The molecule has 0 aliphatic carbocycles. The Hall–Kier alpha value is -1.17. The van der Waals surface area contributed by atoms with Crippen molar-refractivity contribution in [2.24, 2.45) is 0 Å². The first kappa shape index (κ1) is 55.8. The first-order valence-electron chi connectivity index (χ1n) is 25.6. The highest BCUT2D eigenvalue weighted by atomic mass is 16.3. The Kier molecular flexibility index (Phi) is 46.5. The minimum Gasteiger partial charge on any atom is -0.394 e. The molecule has 0 aromatic rings. The van der Waals surface area contributed by atoms with Crippen LogP contribution in [0.15, 0.2) is 24.3 Å². The molecule has 57 heavy (non-hydrogen) atoms. The zero-order chi connectivity index (χ0) is 41.5. The number of nitrogens with one attached hydrogen (secondary N) is 1. The molecule has 0 fully saturated rings. The fourth-order valence-corrected chi connectivity index (χ4v) is 8.06. The maximum atomic E-state index is 12.5. The van der Waals surface area contributed by atoms with Crippen molar-refractivity contribution in [2.45, 2.75) is 295 Å². The van der Waals surface area contributed by atoms with Gasteiger partial charge in [-0.25, -0.2) is 0 Å². The number of aliphatic hydroxyl groups excluding tert-OH is 3. The lowest BCUT2D eigenvalue weighted by Gasteiger charge is -2.26. The Morgan fingerprint density at radius 2 is 0.719 bits per heavy atom. The number of hydrogen-bond donors (Lipinski definition) is 4. The molecule has 5 heteroatoms. The highest BCUT2D eigenvalue weighted by molar-refractivity contribution is 5.76. The van der Waals surface area contributed by atoms with Crippen molar-refractivity contribution in [3.8, 4) is 0 Å². The van der Waals surface area contributed by atoms with Gasteiger partial charge in [-0.2, -0.15) is 0 Å². The second-order valence-corrected chi connectivity index (χ2v) is 17.7. The molecule has 338 valence electrons. The standard InChI is InChI=1S/C52H101NO4/c1-3-5-7-9-11-13-15-17-19-21-23-24-25-26-27-29-31-33-35-37-39-41-43-45-47-51(56)53-49(48-54)52(57)50(55)46-44-42-40-38-36-34-32-30-28-22-20-18-16-14-12-10-8-6-4-2/h30,32,38,40,49-50,52,54-55,57H,3-29,31,33-37,39,41-48H2,1-2H3,(H,53,56)/b32-30+,40-38+. The van der Waals surface area contributed by atoms with Crippen LogP contribution < -0.4 is 5.32 Å². The summed E-state index contributed by atoms with van der Waals surface area (Å²) in [7, 11) is 0. The largest absolute Gasteiger partial charge is 0.394 e. The Morgan fingerprint density at radius 1 is 0.421 bits per heavy atom. The predicted octanol–water partition coefficient (Wildman–Crippen LogP) is 15.3. The van der Waals surface area contributed by atoms with Crippen LogP contribution in [0.1, 0.15) is 277 Å². The van der Waals surface area contributed by atoms with E-state index in [0.717, 1.165) is 44.9 Å². The molecule has 4 N–H and O–H groups in total. The van der Waals surface area contributed by atoms with Crippen molar-refractivity contribution in [3.05, 3.63) is 24.3 Å². The smallest absolute Gasteiger partial charge is 0.220 e. The maximum Gasteiger partial charge on any atom is 0.220 e. The monoisotopic (exact) mass is 804 g/mol. The average Bonchev–Trinajstić information content (AvgIpc) is 3.22. The van der Waals surface area contributed by atoms with Gasteiger partial charge in [0.05, 0.1) is 18.8 Å². The quantitative estimate of drug-likeness (QED) is 0.0364.